The van der Waals surface area contributed by atoms with Crippen LogP contribution >= 0.6 is 7.82 Å². The number of hydrogen-bond acceptors (Lipinski definition) is 6. The van der Waals surface area contributed by atoms with E-state index in [2.05, 4.69) is 19.2 Å². The van der Waals surface area contributed by atoms with Gasteiger partial charge in [-0.25, -0.2) is 0 Å². The van der Waals surface area contributed by atoms with E-state index in [1.54, 1.807) is 0 Å². The summed E-state index contributed by atoms with van der Waals surface area (Å²) in [5.74, 6) is -0.158. The average Bonchev–Trinajstić information content (AvgIpc) is 3.23. The van der Waals surface area contributed by atoms with Gasteiger partial charge in [0, 0.05) is 6.42 Å². The fourth-order valence-corrected chi connectivity index (χ4v) is 9.24. The van der Waals surface area contributed by atoms with Gasteiger partial charge >= 0.3 is 0 Å². The predicted molar refractivity (Wildman–Crippen MR) is 266 cm³/mol. The lowest BCUT2D eigenvalue weighted by molar-refractivity contribution is -0.870. The molecule has 0 aliphatic rings. The number of carbonyl (C=O) groups is 1. The van der Waals surface area contributed by atoms with Crippen molar-refractivity contribution in [2.75, 3.05) is 40.9 Å². The zero-order chi connectivity index (χ0) is 45.7. The SMILES string of the molecule is CCCCCCCCCCCCCCCCCCCCCCCCCCCCC(=O)N[C@@H](COP(=O)([O-])OCC[N+](C)(C)C)[C@H](O)CCCCCCCCCCCCCCCC. The highest BCUT2D eigenvalue weighted by atomic mass is 31.2. The van der Waals surface area contributed by atoms with E-state index < -0.39 is 20.0 Å². The molecule has 0 aliphatic carbocycles. The molecule has 0 heterocycles. The van der Waals surface area contributed by atoms with Gasteiger partial charge < -0.3 is 28.8 Å². The molecule has 0 rings (SSSR count). The second-order valence-electron chi connectivity index (χ2n) is 20.3. The summed E-state index contributed by atoms with van der Waals surface area (Å²) in [5, 5.41) is 14.0. The first kappa shape index (κ1) is 61.5. The molecule has 8 nitrogen and oxygen atoms in total. The van der Waals surface area contributed by atoms with Gasteiger partial charge in [0.1, 0.15) is 13.2 Å². The molecule has 62 heavy (non-hydrogen) atoms. The van der Waals surface area contributed by atoms with Crippen molar-refractivity contribution in [2.24, 2.45) is 0 Å². The van der Waals surface area contributed by atoms with Crippen LogP contribution in [0.25, 0.3) is 0 Å². The molecule has 0 bridgehead atoms. The highest BCUT2D eigenvalue weighted by Crippen LogP contribution is 2.38. The van der Waals surface area contributed by atoms with Crippen LogP contribution in [0, 0.1) is 0 Å². The Bertz CT molecular complexity index is 978. The van der Waals surface area contributed by atoms with Crippen LogP contribution in [0.15, 0.2) is 0 Å². The molecule has 0 radical (unpaired) electrons. The van der Waals surface area contributed by atoms with Crippen LogP contribution in [-0.2, 0) is 18.4 Å². The first-order valence-electron chi connectivity index (χ1n) is 27.4. The minimum absolute atomic E-state index is 0.0164. The molecule has 0 aromatic rings. The van der Waals surface area contributed by atoms with Gasteiger partial charge in [-0.2, -0.15) is 0 Å². The number of aliphatic hydroxyl groups is 1. The number of likely N-dealkylation sites (N-methyl/N-ethyl adjacent to an activating group) is 1. The number of phosphoric acid groups is 1. The maximum atomic E-state index is 12.9. The molecule has 9 heteroatoms. The number of quaternary nitrogens is 1. The number of phosphoric ester groups is 1. The van der Waals surface area contributed by atoms with E-state index in [1.807, 2.05) is 21.1 Å². The van der Waals surface area contributed by atoms with Gasteiger partial charge in [-0.15, -0.1) is 0 Å². The third-order valence-corrected chi connectivity index (χ3v) is 13.8. The standard InChI is InChI=1S/C53H109N2O6P/c1-6-8-10-12-14-16-18-20-22-23-24-25-26-27-28-29-30-31-32-33-35-37-39-41-43-45-47-53(57)54-51(50-61-62(58,59)60-49-48-55(3,4)5)52(56)46-44-42-40-38-36-34-21-19-17-15-13-11-9-7-2/h51-52,56H,6-50H2,1-5H3,(H-,54,57,58,59)/t51-,52+/m0/s1. The third kappa shape index (κ3) is 47.5. The Kier molecular flexibility index (Phi) is 45.3. The molecule has 3 atom stereocenters. The van der Waals surface area contributed by atoms with Crippen LogP contribution in [0.5, 0.6) is 0 Å². The highest BCUT2D eigenvalue weighted by Gasteiger charge is 2.24. The second-order valence-corrected chi connectivity index (χ2v) is 21.7. The van der Waals surface area contributed by atoms with Gasteiger partial charge in [-0.3, -0.25) is 9.36 Å². The molecule has 1 amide bonds. The topological polar surface area (TPSA) is 108 Å². The minimum atomic E-state index is -4.56. The minimum Gasteiger partial charge on any atom is -0.756 e. The van der Waals surface area contributed by atoms with Crippen molar-refractivity contribution in [1.82, 2.24) is 5.32 Å². The Hall–Kier alpha value is -0.500. The first-order valence-corrected chi connectivity index (χ1v) is 28.8. The lowest BCUT2D eigenvalue weighted by atomic mass is 10.0. The average molecular weight is 901 g/mol. The zero-order valence-electron chi connectivity index (χ0n) is 42.4. The number of amides is 1. The number of nitrogens with zero attached hydrogens (tertiary/aromatic N) is 1. The van der Waals surface area contributed by atoms with Crippen molar-refractivity contribution in [2.45, 2.75) is 296 Å². The normalized spacial score (nSPS) is 14.0. The Morgan fingerprint density at radius 2 is 0.790 bits per heavy atom. The molecule has 0 fully saturated rings. The second kappa shape index (κ2) is 45.6. The van der Waals surface area contributed by atoms with Crippen LogP contribution < -0.4 is 10.2 Å². The van der Waals surface area contributed by atoms with E-state index in [0.717, 1.165) is 38.5 Å². The van der Waals surface area contributed by atoms with Crippen molar-refractivity contribution in [3.05, 3.63) is 0 Å². The monoisotopic (exact) mass is 901 g/mol. The summed E-state index contributed by atoms with van der Waals surface area (Å²) < 4.78 is 23.4. The molecule has 0 saturated carbocycles. The van der Waals surface area contributed by atoms with E-state index in [0.29, 0.717) is 23.9 Å². The number of nitrogens with one attached hydrogen (secondary N) is 1. The van der Waals surface area contributed by atoms with E-state index in [-0.39, 0.29) is 19.1 Å². The molecule has 0 aromatic heterocycles. The lowest BCUT2D eigenvalue weighted by Gasteiger charge is -2.30. The van der Waals surface area contributed by atoms with Crippen LogP contribution in [0.3, 0.4) is 0 Å². The predicted octanol–water partition coefficient (Wildman–Crippen LogP) is 15.5. The van der Waals surface area contributed by atoms with Crippen molar-refractivity contribution in [3.8, 4) is 0 Å². The lowest BCUT2D eigenvalue weighted by Crippen LogP contribution is -2.46. The highest BCUT2D eigenvalue weighted by molar-refractivity contribution is 7.45. The smallest absolute Gasteiger partial charge is 0.268 e. The number of unbranched alkanes of at least 4 members (excludes halogenated alkanes) is 38. The number of hydrogen-bond donors (Lipinski definition) is 2. The van der Waals surface area contributed by atoms with E-state index in [4.69, 9.17) is 9.05 Å². The van der Waals surface area contributed by atoms with Gasteiger partial charge in [0.2, 0.25) is 5.91 Å². The summed E-state index contributed by atoms with van der Waals surface area (Å²) in [5.41, 5.74) is 0. The fourth-order valence-electron chi connectivity index (χ4n) is 8.51. The van der Waals surface area contributed by atoms with Crippen LogP contribution in [0.1, 0.15) is 284 Å². The van der Waals surface area contributed by atoms with Crippen molar-refractivity contribution < 1.29 is 32.9 Å². The molecule has 0 saturated heterocycles. The molecule has 0 aliphatic heterocycles. The molecule has 0 aromatic carbocycles. The number of rotatable bonds is 51. The maximum Gasteiger partial charge on any atom is 0.268 e. The van der Waals surface area contributed by atoms with Gasteiger partial charge in [0.25, 0.3) is 7.82 Å². The van der Waals surface area contributed by atoms with E-state index >= 15 is 0 Å². The summed E-state index contributed by atoms with van der Waals surface area (Å²) in [6.45, 7) is 4.76. The Balaban J connectivity index is 4.07. The Morgan fingerprint density at radius 1 is 0.500 bits per heavy atom. The maximum absolute atomic E-state index is 12.9. The molecular weight excluding hydrogens is 792 g/mol. The molecule has 0 spiro atoms. The van der Waals surface area contributed by atoms with Gasteiger partial charge in [-0.05, 0) is 12.8 Å². The van der Waals surface area contributed by atoms with Crippen LogP contribution in [0.2, 0.25) is 0 Å². The molecule has 2 N–H and O–H groups in total. The summed E-state index contributed by atoms with van der Waals surface area (Å²) in [6, 6.07) is -0.794. The van der Waals surface area contributed by atoms with Crippen LogP contribution in [-0.4, -0.2) is 68.5 Å². The summed E-state index contributed by atoms with van der Waals surface area (Å²) in [6.07, 6.45) is 52.7. The molecular formula is C53H109N2O6P. The van der Waals surface area contributed by atoms with Crippen molar-refractivity contribution in [1.29, 1.82) is 0 Å². The van der Waals surface area contributed by atoms with Gasteiger partial charge in [-0.1, -0.05) is 264 Å². The quantitative estimate of drug-likeness (QED) is 0.0358. The number of carbonyl (C=O) groups excluding carboxylic acids is 1. The van der Waals surface area contributed by atoms with Gasteiger partial charge in [0.15, 0.2) is 0 Å². The largest absolute Gasteiger partial charge is 0.756 e. The summed E-state index contributed by atoms with van der Waals surface area (Å²) >= 11 is 0. The third-order valence-electron chi connectivity index (χ3n) is 12.8. The summed E-state index contributed by atoms with van der Waals surface area (Å²) in [7, 11) is 1.32. The van der Waals surface area contributed by atoms with Crippen molar-refractivity contribution >= 4 is 13.7 Å². The first-order chi connectivity index (χ1) is 30.0. The van der Waals surface area contributed by atoms with E-state index in [1.165, 1.54) is 218 Å². The Morgan fingerprint density at radius 3 is 1.10 bits per heavy atom. The Labute approximate surface area is 387 Å². The number of aliphatic hydroxyl groups excluding tert-OH is 1. The summed E-state index contributed by atoms with van der Waals surface area (Å²) in [4.78, 5) is 25.5. The van der Waals surface area contributed by atoms with Gasteiger partial charge in [0.05, 0.1) is 39.9 Å². The molecule has 372 valence electrons. The zero-order valence-corrected chi connectivity index (χ0v) is 43.3. The van der Waals surface area contributed by atoms with Crippen molar-refractivity contribution in [3.63, 3.8) is 0 Å². The fraction of sp³-hybridized carbons (Fsp3) is 0.981. The molecule has 1 unspecified atom stereocenters. The van der Waals surface area contributed by atoms with Crippen LogP contribution in [0.4, 0.5) is 0 Å². The van der Waals surface area contributed by atoms with E-state index in [9.17, 15) is 19.4 Å².